The summed E-state index contributed by atoms with van der Waals surface area (Å²) in [4.78, 5) is 13.7. The second-order valence-electron chi connectivity index (χ2n) is 4.13. The Balaban J connectivity index is 2.21. The molecule has 0 bridgehead atoms. The summed E-state index contributed by atoms with van der Waals surface area (Å²) in [6, 6.07) is 0. The van der Waals surface area contributed by atoms with Gasteiger partial charge < -0.3 is 15.0 Å². The van der Waals surface area contributed by atoms with Gasteiger partial charge in [0.1, 0.15) is 0 Å². The minimum atomic E-state index is 0.278. The number of piperidine rings is 1. The van der Waals surface area contributed by atoms with E-state index in [1.807, 2.05) is 11.9 Å². The molecule has 1 heterocycles. The number of carbonyl (C=O) groups is 1. The zero-order valence-electron chi connectivity index (χ0n) is 9.79. The first kappa shape index (κ1) is 12.5. The maximum atomic E-state index is 11.7. The van der Waals surface area contributed by atoms with E-state index in [1.54, 1.807) is 7.11 Å². The zero-order valence-corrected chi connectivity index (χ0v) is 9.79. The lowest BCUT2D eigenvalue weighted by Crippen LogP contribution is -2.40. The van der Waals surface area contributed by atoms with Crippen molar-refractivity contribution < 1.29 is 9.53 Å². The van der Waals surface area contributed by atoms with Crippen LogP contribution in [0.2, 0.25) is 0 Å². The fraction of sp³-hybridized carbons (Fsp3) is 0.909. The third-order valence-corrected chi connectivity index (χ3v) is 2.96. The molecule has 0 aromatic carbocycles. The number of nitrogens with zero attached hydrogens (tertiary/aromatic N) is 1. The number of nitrogens with one attached hydrogen (secondary N) is 1. The van der Waals surface area contributed by atoms with Gasteiger partial charge in [-0.3, -0.25) is 4.79 Å². The average Bonchev–Trinajstić information content (AvgIpc) is 2.27. The Kier molecular flexibility index (Phi) is 5.65. The molecule has 1 rings (SSSR count). The van der Waals surface area contributed by atoms with Gasteiger partial charge in [0, 0.05) is 39.8 Å². The summed E-state index contributed by atoms with van der Waals surface area (Å²) in [5.41, 5.74) is 0. The van der Waals surface area contributed by atoms with E-state index in [0.29, 0.717) is 12.3 Å². The molecule has 0 atom stereocenters. The maximum absolute atomic E-state index is 11.7. The Bertz CT molecular complexity index is 189. The van der Waals surface area contributed by atoms with Gasteiger partial charge in [-0.05, 0) is 25.8 Å². The average molecular weight is 214 g/mol. The molecule has 0 aliphatic carbocycles. The third kappa shape index (κ3) is 4.18. The largest absolute Gasteiger partial charge is 0.384 e. The van der Waals surface area contributed by atoms with Gasteiger partial charge in [0.15, 0.2) is 0 Å². The molecule has 0 spiro atoms. The smallest absolute Gasteiger partial charge is 0.223 e. The lowest BCUT2D eigenvalue weighted by Gasteiger charge is -2.31. The van der Waals surface area contributed by atoms with Gasteiger partial charge >= 0.3 is 0 Å². The van der Waals surface area contributed by atoms with Crippen molar-refractivity contribution in [2.45, 2.75) is 19.3 Å². The Hall–Kier alpha value is -0.610. The molecule has 1 aliphatic heterocycles. The predicted octanol–water partition coefficient (Wildman–Crippen LogP) is 0.481. The van der Waals surface area contributed by atoms with Crippen LogP contribution in [0.5, 0.6) is 0 Å². The van der Waals surface area contributed by atoms with Gasteiger partial charge in [-0.15, -0.1) is 0 Å². The van der Waals surface area contributed by atoms with Crippen LogP contribution in [0, 0.1) is 5.92 Å². The molecule has 15 heavy (non-hydrogen) atoms. The van der Waals surface area contributed by atoms with Gasteiger partial charge in [-0.25, -0.2) is 0 Å². The summed E-state index contributed by atoms with van der Waals surface area (Å²) in [5.74, 6) is 0.920. The van der Waals surface area contributed by atoms with E-state index < -0.39 is 0 Å². The highest BCUT2D eigenvalue weighted by molar-refractivity contribution is 5.76. The lowest BCUT2D eigenvalue weighted by molar-refractivity contribution is -0.132. The molecule has 4 nitrogen and oxygen atoms in total. The summed E-state index contributed by atoms with van der Waals surface area (Å²) >= 11 is 0. The van der Waals surface area contributed by atoms with Crippen molar-refractivity contribution in [3.63, 3.8) is 0 Å². The van der Waals surface area contributed by atoms with Crippen molar-refractivity contribution in [2.24, 2.45) is 5.92 Å². The van der Waals surface area contributed by atoms with Crippen LogP contribution in [0.25, 0.3) is 0 Å². The second-order valence-corrected chi connectivity index (χ2v) is 4.13. The number of rotatable bonds is 5. The molecule has 0 radical (unpaired) electrons. The number of methoxy groups -OCH3 is 1. The topological polar surface area (TPSA) is 41.6 Å². The van der Waals surface area contributed by atoms with Crippen LogP contribution in [0.4, 0.5) is 0 Å². The molecule has 1 aliphatic rings. The van der Waals surface area contributed by atoms with E-state index in [9.17, 15) is 4.79 Å². The molecule has 1 fully saturated rings. The van der Waals surface area contributed by atoms with Gasteiger partial charge in [0.25, 0.3) is 0 Å². The molecular formula is C11H22N2O2. The van der Waals surface area contributed by atoms with E-state index in [2.05, 4.69) is 5.32 Å². The van der Waals surface area contributed by atoms with Crippen LogP contribution in [-0.4, -0.2) is 51.2 Å². The standard InChI is InChI=1S/C11H22N2O2/c1-12-6-3-11(14)13-7-4-10(5-8-13)9-15-2/h10,12H,3-9H2,1-2H3. The fourth-order valence-electron chi connectivity index (χ4n) is 1.97. The Morgan fingerprint density at radius 3 is 2.67 bits per heavy atom. The summed E-state index contributed by atoms with van der Waals surface area (Å²) in [6.45, 7) is 3.41. The number of carbonyl (C=O) groups excluding carboxylic acids is 1. The van der Waals surface area contributed by atoms with Crippen LogP contribution >= 0.6 is 0 Å². The highest BCUT2D eigenvalue weighted by Crippen LogP contribution is 2.17. The first-order valence-electron chi connectivity index (χ1n) is 5.69. The monoisotopic (exact) mass is 214 g/mol. The quantitative estimate of drug-likeness (QED) is 0.724. The summed E-state index contributed by atoms with van der Waals surface area (Å²) < 4.78 is 5.13. The first-order valence-corrected chi connectivity index (χ1v) is 5.69. The SMILES string of the molecule is CNCCC(=O)N1CCC(COC)CC1. The Labute approximate surface area is 92.0 Å². The maximum Gasteiger partial charge on any atom is 0.223 e. The van der Waals surface area contributed by atoms with Gasteiger partial charge in [-0.1, -0.05) is 0 Å². The van der Waals surface area contributed by atoms with Crippen molar-refractivity contribution in [3.8, 4) is 0 Å². The van der Waals surface area contributed by atoms with Crippen molar-refractivity contribution >= 4 is 5.91 Å². The van der Waals surface area contributed by atoms with Crippen LogP contribution in [0.15, 0.2) is 0 Å². The van der Waals surface area contributed by atoms with Crippen molar-refractivity contribution in [1.29, 1.82) is 0 Å². The summed E-state index contributed by atoms with van der Waals surface area (Å²) in [6.07, 6.45) is 2.78. The molecule has 0 aromatic heterocycles. The van der Waals surface area contributed by atoms with Crippen molar-refractivity contribution in [1.82, 2.24) is 10.2 Å². The molecule has 0 saturated carbocycles. The Morgan fingerprint density at radius 2 is 2.13 bits per heavy atom. The second kappa shape index (κ2) is 6.80. The van der Waals surface area contributed by atoms with E-state index >= 15 is 0 Å². The predicted molar refractivity (Wildman–Crippen MR) is 59.7 cm³/mol. The molecule has 0 aromatic rings. The van der Waals surface area contributed by atoms with Crippen molar-refractivity contribution in [3.05, 3.63) is 0 Å². The number of amides is 1. The van der Waals surface area contributed by atoms with Crippen molar-refractivity contribution in [2.75, 3.05) is 40.4 Å². The Morgan fingerprint density at radius 1 is 1.47 bits per heavy atom. The number of likely N-dealkylation sites (tertiary alicyclic amines) is 1. The van der Waals surface area contributed by atoms with Gasteiger partial charge in [-0.2, -0.15) is 0 Å². The lowest BCUT2D eigenvalue weighted by atomic mass is 9.97. The fourth-order valence-corrected chi connectivity index (χ4v) is 1.97. The summed E-state index contributed by atoms with van der Waals surface area (Å²) in [7, 11) is 3.61. The molecule has 1 saturated heterocycles. The normalized spacial score (nSPS) is 18.1. The van der Waals surface area contributed by atoms with Crippen LogP contribution in [-0.2, 0) is 9.53 Å². The van der Waals surface area contributed by atoms with E-state index in [1.165, 1.54) is 0 Å². The molecule has 0 unspecified atom stereocenters. The van der Waals surface area contributed by atoms with E-state index in [4.69, 9.17) is 4.74 Å². The third-order valence-electron chi connectivity index (χ3n) is 2.96. The number of hydrogen-bond acceptors (Lipinski definition) is 3. The number of ether oxygens (including phenoxy) is 1. The summed E-state index contributed by atoms with van der Waals surface area (Å²) in [5, 5.41) is 3.00. The molecule has 1 amide bonds. The number of hydrogen-bond donors (Lipinski definition) is 1. The van der Waals surface area contributed by atoms with E-state index in [-0.39, 0.29) is 5.91 Å². The van der Waals surface area contributed by atoms with E-state index in [0.717, 1.165) is 39.1 Å². The molecule has 4 heteroatoms. The minimum Gasteiger partial charge on any atom is -0.384 e. The minimum absolute atomic E-state index is 0.278. The molecule has 1 N–H and O–H groups in total. The van der Waals surface area contributed by atoms with Crippen LogP contribution in [0.1, 0.15) is 19.3 Å². The first-order chi connectivity index (χ1) is 7.27. The molecular weight excluding hydrogens is 192 g/mol. The highest BCUT2D eigenvalue weighted by atomic mass is 16.5. The molecule has 88 valence electrons. The van der Waals surface area contributed by atoms with Gasteiger partial charge in [0.05, 0.1) is 0 Å². The zero-order chi connectivity index (χ0) is 11.1. The van der Waals surface area contributed by atoms with Gasteiger partial charge in [0.2, 0.25) is 5.91 Å². The van der Waals surface area contributed by atoms with Crippen LogP contribution < -0.4 is 5.32 Å². The van der Waals surface area contributed by atoms with Crippen LogP contribution in [0.3, 0.4) is 0 Å². The highest BCUT2D eigenvalue weighted by Gasteiger charge is 2.21.